The Morgan fingerprint density at radius 2 is 2.26 bits per heavy atom. The Bertz CT molecular complexity index is 862. The number of carbonyl (C=O) groups excluding carboxylic acids is 1. The van der Waals surface area contributed by atoms with E-state index in [2.05, 4.69) is 35.5 Å². The van der Waals surface area contributed by atoms with Crippen molar-refractivity contribution in [3.63, 3.8) is 0 Å². The number of benzene rings is 1. The van der Waals surface area contributed by atoms with Gasteiger partial charge in [0.25, 0.3) is 5.91 Å². The summed E-state index contributed by atoms with van der Waals surface area (Å²) in [5.41, 5.74) is 2.25. The Balaban J connectivity index is 1.63. The molecule has 4 nitrogen and oxygen atoms in total. The third kappa shape index (κ3) is 3.71. The van der Waals surface area contributed by atoms with Crippen LogP contribution in [0.2, 0.25) is 0 Å². The molecule has 1 fully saturated rings. The van der Waals surface area contributed by atoms with Crippen LogP contribution in [0.15, 0.2) is 47.4 Å². The monoisotopic (exact) mass is 364 g/mol. The smallest absolute Gasteiger partial charge is 0.254 e. The average Bonchev–Trinajstić information content (AvgIpc) is 3.45. The molecule has 0 bridgehead atoms. The molecule has 1 aliphatic heterocycles. The Labute approximate surface area is 160 Å². The molecule has 2 aliphatic rings. The average molecular weight is 364 g/mol. The maximum atomic E-state index is 13.5. The van der Waals surface area contributed by atoms with E-state index in [0.29, 0.717) is 11.5 Å². The highest BCUT2D eigenvalue weighted by molar-refractivity contribution is 5.97. The summed E-state index contributed by atoms with van der Waals surface area (Å²) in [6.07, 6.45) is 13.6. The van der Waals surface area contributed by atoms with Crippen molar-refractivity contribution in [1.29, 1.82) is 0 Å². The van der Waals surface area contributed by atoms with Crippen molar-refractivity contribution in [1.82, 2.24) is 9.88 Å². The van der Waals surface area contributed by atoms with E-state index in [-0.39, 0.29) is 18.0 Å². The molecule has 0 saturated heterocycles. The number of hydrogen-bond acceptors (Lipinski definition) is 3. The summed E-state index contributed by atoms with van der Waals surface area (Å²) in [6.45, 7) is 6.08. The molecule has 0 spiro atoms. The van der Waals surface area contributed by atoms with E-state index < -0.39 is 0 Å². The summed E-state index contributed by atoms with van der Waals surface area (Å²) < 4.78 is 5.92. The van der Waals surface area contributed by atoms with Crippen LogP contribution in [0.4, 0.5) is 0 Å². The molecule has 2 heterocycles. The number of oxazole rings is 1. The van der Waals surface area contributed by atoms with E-state index in [9.17, 15) is 4.79 Å². The minimum Gasteiger partial charge on any atom is -0.440 e. The Hall–Kier alpha value is -2.36. The lowest BCUT2D eigenvalue weighted by Gasteiger charge is -2.39. The number of hydrogen-bond donors (Lipinski definition) is 0. The fourth-order valence-electron chi connectivity index (χ4n) is 3.97. The summed E-state index contributed by atoms with van der Waals surface area (Å²) in [5, 5.41) is 0. The predicted octanol–water partition coefficient (Wildman–Crippen LogP) is 5.61. The van der Waals surface area contributed by atoms with Gasteiger partial charge in [0, 0.05) is 17.5 Å². The Morgan fingerprint density at radius 1 is 1.41 bits per heavy atom. The topological polar surface area (TPSA) is 46.3 Å². The number of fused-ring (bicyclic) bond motifs is 1. The van der Waals surface area contributed by atoms with Gasteiger partial charge in [0.15, 0.2) is 11.5 Å². The van der Waals surface area contributed by atoms with Gasteiger partial charge in [-0.15, -0.1) is 6.58 Å². The van der Waals surface area contributed by atoms with E-state index in [1.165, 1.54) is 0 Å². The molecule has 4 rings (SSSR count). The van der Waals surface area contributed by atoms with Gasteiger partial charge in [-0.2, -0.15) is 0 Å². The van der Waals surface area contributed by atoms with Crippen molar-refractivity contribution in [2.24, 2.45) is 0 Å². The van der Waals surface area contributed by atoms with Crippen molar-refractivity contribution in [3.05, 3.63) is 54.5 Å². The van der Waals surface area contributed by atoms with Gasteiger partial charge in [0.05, 0.1) is 6.04 Å². The lowest BCUT2D eigenvalue weighted by atomic mass is 9.95. The van der Waals surface area contributed by atoms with Crippen molar-refractivity contribution in [2.45, 2.75) is 69.9 Å². The number of amides is 1. The summed E-state index contributed by atoms with van der Waals surface area (Å²) in [4.78, 5) is 20.1. The minimum atomic E-state index is 0.0820. The standard InChI is InChI=1S/C23H28N2O2/c1-3-5-8-19-10-6-9-18(7-4-2)25(19)23(26)17-13-14-20-21(15-17)27-22(24-20)16-11-12-16/h4,6,10,13-16,18-19H,2-3,5,7-9,11-12H2,1H3/t18-,19-/m1/s1. The van der Waals surface area contributed by atoms with Crippen LogP contribution >= 0.6 is 0 Å². The summed E-state index contributed by atoms with van der Waals surface area (Å²) in [7, 11) is 0. The van der Waals surface area contributed by atoms with E-state index in [1.807, 2.05) is 24.3 Å². The molecule has 1 aromatic carbocycles. The highest BCUT2D eigenvalue weighted by atomic mass is 16.3. The van der Waals surface area contributed by atoms with Crippen LogP contribution in [0.1, 0.15) is 74.0 Å². The SMILES string of the molecule is C=CC[C@@H]1CC=C[C@@H](CCCC)N1C(=O)c1ccc2nc(C3CC3)oc2c1. The third-order valence-electron chi connectivity index (χ3n) is 5.62. The van der Waals surface area contributed by atoms with Gasteiger partial charge in [-0.25, -0.2) is 4.98 Å². The Kier molecular flexibility index (Phi) is 5.15. The largest absolute Gasteiger partial charge is 0.440 e. The van der Waals surface area contributed by atoms with E-state index in [0.717, 1.165) is 61.9 Å². The van der Waals surface area contributed by atoms with Gasteiger partial charge in [0.1, 0.15) is 5.52 Å². The zero-order valence-electron chi connectivity index (χ0n) is 16.1. The van der Waals surface area contributed by atoms with Crippen LogP contribution < -0.4 is 0 Å². The maximum Gasteiger partial charge on any atom is 0.254 e. The van der Waals surface area contributed by atoms with Crippen LogP contribution in [0.5, 0.6) is 0 Å². The van der Waals surface area contributed by atoms with Gasteiger partial charge in [-0.3, -0.25) is 4.79 Å². The molecule has 4 heteroatoms. The van der Waals surface area contributed by atoms with Crippen molar-refractivity contribution in [2.75, 3.05) is 0 Å². The molecule has 1 aromatic heterocycles. The highest BCUT2D eigenvalue weighted by Gasteiger charge is 2.32. The first kappa shape index (κ1) is 18.0. The molecule has 0 unspecified atom stereocenters. The minimum absolute atomic E-state index is 0.0820. The van der Waals surface area contributed by atoms with Crippen molar-refractivity contribution < 1.29 is 9.21 Å². The lowest BCUT2D eigenvalue weighted by Crippen LogP contribution is -2.48. The highest BCUT2D eigenvalue weighted by Crippen LogP contribution is 2.40. The summed E-state index contributed by atoms with van der Waals surface area (Å²) >= 11 is 0. The number of aromatic nitrogens is 1. The van der Waals surface area contributed by atoms with Crippen LogP contribution in [0.25, 0.3) is 11.1 Å². The van der Waals surface area contributed by atoms with Crippen molar-refractivity contribution >= 4 is 17.0 Å². The molecule has 0 N–H and O–H groups in total. The molecule has 2 atom stereocenters. The summed E-state index contributed by atoms with van der Waals surface area (Å²) in [6, 6.07) is 6.01. The second-order valence-corrected chi connectivity index (χ2v) is 7.77. The van der Waals surface area contributed by atoms with E-state index in [1.54, 1.807) is 0 Å². The van der Waals surface area contributed by atoms with Gasteiger partial charge >= 0.3 is 0 Å². The number of rotatable bonds is 7. The first-order chi connectivity index (χ1) is 13.2. The normalized spacial score (nSPS) is 22.3. The second kappa shape index (κ2) is 7.71. The fourth-order valence-corrected chi connectivity index (χ4v) is 3.97. The van der Waals surface area contributed by atoms with Crippen LogP contribution in [0.3, 0.4) is 0 Å². The first-order valence-corrected chi connectivity index (χ1v) is 10.2. The van der Waals surface area contributed by atoms with Gasteiger partial charge < -0.3 is 9.32 Å². The fraction of sp³-hybridized carbons (Fsp3) is 0.478. The molecule has 142 valence electrons. The first-order valence-electron chi connectivity index (χ1n) is 10.2. The lowest BCUT2D eigenvalue weighted by molar-refractivity contribution is 0.0593. The molecule has 1 saturated carbocycles. The molecular weight excluding hydrogens is 336 g/mol. The van der Waals surface area contributed by atoms with Gasteiger partial charge in [-0.1, -0.05) is 38.0 Å². The van der Waals surface area contributed by atoms with E-state index in [4.69, 9.17) is 4.42 Å². The molecular formula is C23H28N2O2. The zero-order valence-corrected chi connectivity index (χ0v) is 16.1. The maximum absolute atomic E-state index is 13.5. The molecule has 1 amide bonds. The van der Waals surface area contributed by atoms with Crippen molar-refractivity contribution in [3.8, 4) is 0 Å². The molecule has 1 aliphatic carbocycles. The third-order valence-corrected chi connectivity index (χ3v) is 5.62. The zero-order chi connectivity index (χ0) is 18.8. The Morgan fingerprint density at radius 3 is 3.00 bits per heavy atom. The second-order valence-electron chi connectivity index (χ2n) is 7.77. The molecule has 2 aromatic rings. The number of nitrogens with zero attached hydrogens (tertiary/aromatic N) is 2. The van der Waals surface area contributed by atoms with Crippen LogP contribution in [-0.4, -0.2) is 27.9 Å². The molecule has 0 radical (unpaired) electrons. The van der Waals surface area contributed by atoms with Crippen LogP contribution in [0, 0.1) is 0 Å². The number of carbonyl (C=O) groups is 1. The van der Waals surface area contributed by atoms with Gasteiger partial charge in [-0.05, 0) is 50.3 Å². The molecule has 27 heavy (non-hydrogen) atoms. The quantitative estimate of drug-likeness (QED) is 0.600. The van der Waals surface area contributed by atoms with Crippen LogP contribution in [-0.2, 0) is 0 Å². The van der Waals surface area contributed by atoms with Gasteiger partial charge in [0.2, 0.25) is 0 Å². The summed E-state index contributed by atoms with van der Waals surface area (Å²) in [5.74, 6) is 1.37. The van der Waals surface area contributed by atoms with E-state index >= 15 is 0 Å². The number of unbranched alkanes of at least 4 members (excludes halogenated alkanes) is 1. The predicted molar refractivity (Wildman–Crippen MR) is 108 cm³/mol.